The Morgan fingerprint density at radius 2 is 0.470 bits per heavy atom. The fourth-order valence-corrected chi connectivity index (χ4v) is 9.75. The van der Waals surface area contributed by atoms with E-state index < -0.39 is 6.10 Å². The zero-order valence-corrected chi connectivity index (χ0v) is 54.4. The largest absolute Gasteiger partial charge is 0.462 e. The average molecular weight is 1150 g/mol. The number of hydrogen-bond donors (Lipinski definition) is 0. The van der Waals surface area contributed by atoms with E-state index in [9.17, 15) is 14.4 Å². The van der Waals surface area contributed by atoms with Gasteiger partial charge in [-0.2, -0.15) is 0 Å². The molecule has 474 valence electrons. The van der Waals surface area contributed by atoms with Crippen LogP contribution >= 0.6 is 0 Å². The number of carbonyl (C=O) groups excluding carboxylic acids is 3. The molecule has 0 aromatic carbocycles. The van der Waals surface area contributed by atoms with Crippen molar-refractivity contribution in [1.29, 1.82) is 0 Å². The van der Waals surface area contributed by atoms with E-state index >= 15 is 0 Å². The molecule has 0 fully saturated rings. The molecule has 1 atom stereocenters. The minimum Gasteiger partial charge on any atom is -0.462 e. The van der Waals surface area contributed by atoms with Gasteiger partial charge in [-0.1, -0.05) is 303 Å². The van der Waals surface area contributed by atoms with Gasteiger partial charge >= 0.3 is 17.9 Å². The third-order valence-corrected chi connectivity index (χ3v) is 14.9. The molecule has 0 amide bonds. The molecule has 0 aliphatic rings. The molecule has 0 spiro atoms. The predicted octanol–water partition coefficient (Wildman–Crippen LogP) is 24.3. The lowest BCUT2D eigenvalue weighted by molar-refractivity contribution is -0.167. The number of carbonyl (C=O) groups is 3. The van der Waals surface area contributed by atoms with E-state index in [0.717, 1.165) is 148 Å². The van der Waals surface area contributed by atoms with E-state index in [-0.39, 0.29) is 31.1 Å². The molecule has 6 heteroatoms. The van der Waals surface area contributed by atoms with Gasteiger partial charge in [0.1, 0.15) is 13.2 Å². The first-order chi connectivity index (χ1) is 41.0. The molecule has 0 N–H and O–H groups in total. The molecule has 0 aromatic heterocycles. The van der Waals surface area contributed by atoms with Crippen LogP contribution in [0.15, 0.2) is 122 Å². The zero-order chi connectivity index (χ0) is 59.9. The fraction of sp³-hybridized carbons (Fsp3) is 0.701. The average Bonchev–Trinajstić information content (AvgIpc) is 3.49. The normalized spacial score (nSPS) is 12.9. The highest BCUT2D eigenvalue weighted by molar-refractivity contribution is 5.71. The van der Waals surface area contributed by atoms with Crippen LogP contribution in [0.2, 0.25) is 0 Å². The van der Waals surface area contributed by atoms with E-state index in [0.29, 0.717) is 19.3 Å². The summed E-state index contributed by atoms with van der Waals surface area (Å²) in [6.45, 7) is 6.39. The maximum absolute atomic E-state index is 12.9. The zero-order valence-electron chi connectivity index (χ0n) is 54.4. The molecular weight excluding hydrogens is 1020 g/mol. The lowest BCUT2D eigenvalue weighted by Crippen LogP contribution is -2.30. The Kier molecular flexibility index (Phi) is 66.7. The molecule has 0 aliphatic carbocycles. The SMILES string of the molecule is CC/C=C\C/C=C\C/C=C\C/C=C\CCCCCCC(=O)OC(COC(=O)CCCCCCC/C=C\C/C=C\C/C=C\CC)COC(=O)CCCCCCCCCCCCCCCCCCCC/C=C\C/C=C\C/C=C\CCCCCCC. The summed E-state index contributed by atoms with van der Waals surface area (Å²) in [7, 11) is 0. The number of unbranched alkanes of at least 4 members (excludes halogenated alkanes) is 32. The molecule has 0 bridgehead atoms. The number of allylic oxidation sites excluding steroid dienone is 20. The van der Waals surface area contributed by atoms with Crippen molar-refractivity contribution in [3.8, 4) is 0 Å². The second-order valence-electron chi connectivity index (χ2n) is 23.0. The molecule has 0 aromatic rings. The maximum atomic E-state index is 12.9. The Morgan fingerprint density at radius 1 is 0.253 bits per heavy atom. The number of rotatable bonds is 63. The van der Waals surface area contributed by atoms with Gasteiger partial charge in [0, 0.05) is 19.3 Å². The first-order valence-electron chi connectivity index (χ1n) is 35.0. The van der Waals surface area contributed by atoms with Crippen molar-refractivity contribution in [2.45, 2.75) is 335 Å². The van der Waals surface area contributed by atoms with Crippen LogP contribution in [0.5, 0.6) is 0 Å². The van der Waals surface area contributed by atoms with Gasteiger partial charge in [-0.15, -0.1) is 0 Å². The van der Waals surface area contributed by atoms with Crippen molar-refractivity contribution in [3.63, 3.8) is 0 Å². The molecule has 1 unspecified atom stereocenters. The molecule has 0 saturated carbocycles. The molecule has 83 heavy (non-hydrogen) atoms. The first-order valence-corrected chi connectivity index (χ1v) is 35.0. The van der Waals surface area contributed by atoms with Crippen LogP contribution < -0.4 is 0 Å². The van der Waals surface area contributed by atoms with Gasteiger partial charge in [0.25, 0.3) is 0 Å². The topological polar surface area (TPSA) is 78.9 Å². The van der Waals surface area contributed by atoms with Crippen LogP contribution in [-0.4, -0.2) is 37.2 Å². The highest BCUT2D eigenvalue weighted by atomic mass is 16.6. The lowest BCUT2D eigenvalue weighted by Gasteiger charge is -2.18. The van der Waals surface area contributed by atoms with Crippen molar-refractivity contribution in [1.82, 2.24) is 0 Å². The van der Waals surface area contributed by atoms with Crippen molar-refractivity contribution in [2.24, 2.45) is 0 Å². The van der Waals surface area contributed by atoms with Crippen molar-refractivity contribution >= 4 is 17.9 Å². The van der Waals surface area contributed by atoms with E-state index in [4.69, 9.17) is 14.2 Å². The standard InChI is InChI=1S/C77H130O6/c1-4-7-10-13-16-19-22-25-28-30-31-32-33-34-35-36-37-38-39-40-41-42-43-44-45-47-49-52-55-58-61-64-67-70-76(79)82-73-74(72-81-75(78)69-66-63-60-57-54-51-48-27-24-21-18-15-12-9-6-3)83-77(80)71-68-65-62-59-56-53-50-46-29-26-23-20-17-14-11-8-5-2/h8-9,11-12,17-18,20-22,25-27,29-31,33-34,48,50,53,74H,4-7,10,13-16,19,23-24,28,32,35-47,49,51-52,54-73H2,1-3H3/b11-8-,12-9-,20-17-,21-18-,25-22-,29-26-,31-30-,34-33-,48-27-,53-50-. The van der Waals surface area contributed by atoms with Crippen LogP contribution in [-0.2, 0) is 28.6 Å². The van der Waals surface area contributed by atoms with Crippen LogP contribution in [0.1, 0.15) is 329 Å². The minimum atomic E-state index is -0.802. The van der Waals surface area contributed by atoms with Gasteiger partial charge in [-0.3, -0.25) is 14.4 Å². The highest BCUT2D eigenvalue weighted by Crippen LogP contribution is 2.17. The Morgan fingerprint density at radius 3 is 0.735 bits per heavy atom. The first kappa shape index (κ1) is 78.8. The highest BCUT2D eigenvalue weighted by Gasteiger charge is 2.19. The predicted molar refractivity (Wildman–Crippen MR) is 362 cm³/mol. The van der Waals surface area contributed by atoms with E-state index in [1.807, 2.05) is 0 Å². The van der Waals surface area contributed by atoms with Gasteiger partial charge in [0.2, 0.25) is 0 Å². The summed E-state index contributed by atoms with van der Waals surface area (Å²) in [6, 6.07) is 0. The summed E-state index contributed by atoms with van der Waals surface area (Å²) >= 11 is 0. The Hall–Kier alpha value is -4.19. The van der Waals surface area contributed by atoms with Crippen LogP contribution in [0.25, 0.3) is 0 Å². The number of esters is 3. The lowest BCUT2D eigenvalue weighted by atomic mass is 10.0. The number of hydrogen-bond acceptors (Lipinski definition) is 6. The number of ether oxygens (including phenoxy) is 3. The van der Waals surface area contributed by atoms with Crippen LogP contribution in [0.4, 0.5) is 0 Å². The van der Waals surface area contributed by atoms with E-state index in [2.05, 4.69) is 142 Å². The Bertz CT molecular complexity index is 1700. The summed E-state index contributed by atoms with van der Waals surface area (Å²) < 4.78 is 16.9. The molecule has 0 rings (SSSR count). The van der Waals surface area contributed by atoms with E-state index in [1.165, 1.54) is 141 Å². The summed E-state index contributed by atoms with van der Waals surface area (Å²) in [5.74, 6) is -0.927. The molecule has 0 saturated heterocycles. The molecular formula is C77H130O6. The third-order valence-electron chi connectivity index (χ3n) is 14.9. The van der Waals surface area contributed by atoms with Crippen molar-refractivity contribution in [2.75, 3.05) is 13.2 Å². The summed E-state index contributed by atoms with van der Waals surface area (Å²) in [4.78, 5) is 38.4. The van der Waals surface area contributed by atoms with Gasteiger partial charge in [0.05, 0.1) is 0 Å². The summed E-state index contributed by atoms with van der Waals surface area (Å²) in [6.07, 6.45) is 98.1. The van der Waals surface area contributed by atoms with Crippen molar-refractivity contribution < 1.29 is 28.6 Å². The van der Waals surface area contributed by atoms with Crippen LogP contribution in [0.3, 0.4) is 0 Å². The molecule has 0 radical (unpaired) electrons. The summed E-state index contributed by atoms with van der Waals surface area (Å²) in [5.41, 5.74) is 0. The van der Waals surface area contributed by atoms with Gasteiger partial charge in [-0.25, -0.2) is 0 Å². The third kappa shape index (κ3) is 68.5. The second-order valence-corrected chi connectivity index (χ2v) is 23.0. The second kappa shape index (κ2) is 70.3. The van der Waals surface area contributed by atoms with Gasteiger partial charge in [-0.05, 0) is 128 Å². The monoisotopic (exact) mass is 1150 g/mol. The van der Waals surface area contributed by atoms with Crippen molar-refractivity contribution in [3.05, 3.63) is 122 Å². The maximum Gasteiger partial charge on any atom is 0.306 e. The van der Waals surface area contributed by atoms with Gasteiger partial charge < -0.3 is 14.2 Å². The smallest absolute Gasteiger partial charge is 0.306 e. The fourth-order valence-electron chi connectivity index (χ4n) is 9.75. The van der Waals surface area contributed by atoms with E-state index in [1.54, 1.807) is 0 Å². The molecule has 0 aliphatic heterocycles. The Balaban J connectivity index is 4.23. The quantitative estimate of drug-likeness (QED) is 0.0261. The molecule has 0 heterocycles. The van der Waals surface area contributed by atoms with Crippen LogP contribution in [0, 0.1) is 0 Å². The minimum absolute atomic E-state index is 0.0939. The summed E-state index contributed by atoms with van der Waals surface area (Å²) in [5, 5.41) is 0. The molecule has 6 nitrogen and oxygen atoms in total. The Labute approximate surface area is 513 Å². The van der Waals surface area contributed by atoms with Gasteiger partial charge in [0.15, 0.2) is 6.10 Å².